The van der Waals surface area contributed by atoms with Crippen LogP contribution in [0.3, 0.4) is 0 Å². The molecule has 26 heavy (non-hydrogen) atoms. The second kappa shape index (κ2) is 8.19. The van der Waals surface area contributed by atoms with Crippen molar-refractivity contribution in [1.82, 2.24) is 5.32 Å². The van der Waals surface area contributed by atoms with Crippen LogP contribution in [0.25, 0.3) is 0 Å². The van der Waals surface area contributed by atoms with E-state index >= 15 is 0 Å². The number of carbonyl (C=O) groups excluding carboxylic acids is 1. The molecule has 0 aromatic heterocycles. The van der Waals surface area contributed by atoms with Gasteiger partial charge in [0.05, 0.1) is 0 Å². The van der Waals surface area contributed by atoms with Crippen LogP contribution in [-0.4, -0.2) is 16.6 Å². The van der Waals surface area contributed by atoms with Crippen LogP contribution < -0.4 is 5.32 Å². The number of carbonyl (C=O) groups is 1. The quantitative estimate of drug-likeness (QED) is 0.592. The minimum atomic E-state index is -1.18. The zero-order valence-corrected chi connectivity index (χ0v) is 15.6. The van der Waals surface area contributed by atoms with Gasteiger partial charge in [0.15, 0.2) is 0 Å². The van der Waals surface area contributed by atoms with Crippen LogP contribution in [0.4, 0.5) is 4.79 Å². The zero-order chi connectivity index (χ0) is 19.3. The first-order chi connectivity index (χ1) is 12.2. The van der Waals surface area contributed by atoms with Crippen molar-refractivity contribution in [3.63, 3.8) is 0 Å². The zero-order valence-electron chi connectivity index (χ0n) is 14.8. The number of amides is 1. The monoisotopic (exact) mass is 376 g/mol. The normalized spacial score (nSPS) is 13.5. The Morgan fingerprint density at radius 1 is 1.08 bits per heavy atom. The number of rotatable bonds is 5. The fraction of sp³-hybridized carbons (Fsp3) is 0.316. The molecular weight excluding hydrogens is 356 g/mol. The molecule has 0 aliphatic rings. The van der Waals surface area contributed by atoms with Gasteiger partial charge in [0.25, 0.3) is 6.04 Å². The van der Waals surface area contributed by atoms with Crippen LogP contribution in [0, 0.1) is 10.1 Å². The number of alkyl carbamates (subject to hydrolysis) is 1. The molecule has 2 atom stereocenters. The lowest BCUT2D eigenvalue weighted by Gasteiger charge is -2.26. The van der Waals surface area contributed by atoms with Gasteiger partial charge < -0.3 is 10.1 Å². The van der Waals surface area contributed by atoms with Crippen molar-refractivity contribution >= 4 is 17.7 Å². The molecule has 6 nitrogen and oxygen atoms in total. The number of halogens is 1. The smallest absolute Gasteiger partial charge is 0.408 e. The molecule has 0 radical (unpaired) electrons. The van der Waals surface area contributed by atoms with Crippen molar-refractivity contribution in [3.05, 3.63) is 80.9 Å². The Bertz CT molecular complexity index is 757. The van der Waals surface area contributed by atoms with Gasteiger partial charge >= 0.3 is 6.09 Å². The third-order valence-corrected chi connectivity index (χ3v) is 3.84. The topological polar surface area (TPSA) is 81.5 Å². The summed E-state index contributed by atoms with van der Waals surface area (Å²) in [5, 5.41) is 15.0. The number of nitrogens with one attached hydrogen (secondary N) is 1. The molecule has 0 heterocycles. The summed E-state index contributed by atoms with van der Waals surface area (Å²) >= 11 is 5.92. The highest BCUT2D eigenvalue weighted by atomic mass is 35.5. The molecule has 7 heteroatoms. The van der Waals surface area contributed by atoms with E-state index in [1.54, 1.807) is 75.4 Å². The number of nitro groups is 1. The Labute approximate surface area is 157 Å². The highest BCUT2D eigenvalue weighted by molar-refractivity contribution is 6.30. The summed E-state index contributed by atoms with van der Waals surface area (Å²) in [6, 6.07) is 13.0. The van der Waals surface area contributed by atoms with Crippen LogP contribution in [-0.2, 0) is 4.74 Å². The Morgan fingerprint density at radius 3 is 2.15 bits per heavy atom. The second-order valence-electron chi connectivity index (χ2n) is 6.82. The molecule has 1 amide bonds. The van der Waals surface area contributed by atoms with E-state index in [-0.39, 0.29) is 0 Å². The lowest BCUT2D eigenvalue weighted by atomic mass is 9.94. The first-order valence-electron chi connectivity index (χ1n) is 8.11. The standard InChI is InChI=1S/C19H21ClN2O4/c1-19(2,3)26-18(23)21-16(13-9-11-15(20)12-10-13)17(22(24)25)14-7-5-4-6-8-14/h4-12,16-17H,1-3H3,(H,21,23)/t16-,17+/m0/s1. The minimum absolute atomic E-state index is 0.411. The third kappa shape index (κ3) is 5.46. The van der Waals surface area contributed by atoms with Crippen molar-refractivity contribution in [3.8, 4) is 0 Å². The molecule has 2 rings (SSSR count). The molecule has 2 aromatic rings. The average molecular weight is 377 g/mol. The largest absolute Gasteiger partial charge is 0.444 e. The predicted octanol–water partition coefficient (Wildman–Crippen LogP) is 4.92. The van der Waals surface area contributed by atoms with Crippen molar-refractivity contribution < 1.29 is 14.5 Å². The van der Waals surface area contributed by atoms with E-state index in [1.807, 2.05) is 0 Å². The molecule has 2 aromatic carbocycles. The van der Waals surface area contributed by atoms with Gasteiger partial charge in [0, 0.05) is 15.5 Å². The van der Waals surface area contributed by atoms with Crippen molar-refractivity contribution in [1.29, 1.82) is 0 Å². The van der Waals surface area contributed by atoms with Gasteiger partial charge in [-0.05, 0) is 38.5 Å². The third-order valence-electron chi connectivity index (χ3n) is 3.59. The lowest BCUT2D eigenvalue weighted by Crippen LogP contribution is -2.39. The Kier molecular flexibility index (Phi) is 6.21. The van der Waals surface area contributed by atoms with Crippen LogP contribution in [0.2, 0.25) is 5.02 Å². The number of ether oxygens (including phenoxy) is 1. The molecule has 0 aliphatic carbocycles. The number of hydrogen-bond donors (Lipinski definition) is 1. The molecule has 0 fully saturated rings. The molecule has 0 bridgehead atoms. The van der Waals surface area contributed by atoms with Gasteiger partial charge in [-0.1, -0.05) is 54.1 Å². The number of benzene rings is 2. The maximum absolute atomic E-state index is 12.3. The maximum atomic E-state index is 12.3. The summed E-state index contributed by atoms with van der Waals surface area (Å²) in [6.45, 7) is 5.18. The van der Waals surface area contributed by atoms with E-state index in [0.717, 1.165) is 0 Å². The first-order valence-corrected chi connectivity index (χ1v) is 8.48. The van der Waals surface area contributed by atoms with Crippen molar-refractivity contribution in [2.24, 2.45) is 0 Å². The van der Waals surface area contributed by atoms with Crippen LogP contribution in [0.5, 0.6) is 0 Å². The molecule has 0 unspecified atom stereocenters. The van der Waals surface area contributed by atoms with E-state index in [1.165, 1.54) is 0 Å². The fourth-order valence-corrected chi connectivity index (χ4v) is 2.66. The summed E-state index contributed by atoms with van der Waals surface area (Å²) in [5.74, 6) is 0. The van der Waals surface area contributed by atoms with Gasteiger partial charge in [0.1, 0.15) is 11.6 Å². The summed E-state index contributed by atoms with van der Waals surface area (Å²) in [5.41, 5.74) is 0.324. The molecule has 138 valence electrons. The SMILES string of the molecule is CC(C)(C)OC(=O)N[C@@H](c1ccc(Cl)cc1)[C@@H](c1ccccc1)[N+](=O)[O-]. The molecule has 0 saturated heterocycles. The summed E-state index contributed by atoms with van der Waals surface area (Å²) < 4.78 is 5.28. The number of hydrogen-bond acceptors (Lipinski definition) is 4. The predicted molar refractivity (Wildman–Crippen MR) is 99.7 cm³/mol. The Hall–Kier alpha value is -2.60. The molecule has 0 saturated carbocycles. The summed E-state index contributed by atoms with van der Waals surface area (Å²) in [7, 11) is 0. The van der Waals surface area contributed by atoms with E-state index < -0.39 is 28.7 Å². The van der Waals surface area contributed by atoms with Gasteiger partial charge in [0.2, 0.25) is 0 Å². The maximum Gasteiger partial charge on any atom is 0.408 e. The molecule has 0 aliphatic heterocycles. The van der Waals surface area contributed by atoms with E-state index in [4.69, 9.17) is 16.3 Å². The first kappa shape index (κ1) is 19.7. The number of nitrogens with zero attached hydrogens (tertiary/aromatic N) is 1. The highest BCUT2D eigenvalue weighted by Crippen LogP contribution is 2.32. The summed E-state index contributed by atoms with van der Waals surface area (Å²) in [4.78, 5) is 23.7. The van der Waals surface area contributed by atoms with Crippen LogP contribution >= 0.6 is 11.6 Å². The average Bonchev–Trinajstić information content (AvgIpc) is 2.54. The molecular formula is C19H21ClN2O4. The summed E-state index contributed by atoms with van der Waals surface area (Å²) in [6.07, 6.45) is -0.722. The fourth-order valence-electron chi connectivity index (χ4n) is 2.54. The van der Waals surface area contributed by atoms with Crippen LogP contribution in [0.15, 0.2) is 54.6 Å². The van der Waals surface area contributed by atoms with Gasteiger partial charge in [-0.2, -0.15) is 0 Å². The van der Waals surface area contributed by atoms with Gasteiger partial charge in [-0.15, -0.1) is 0 Å². The van der Waals surface area contributed by atoms with Crippen LogP contribution in [0.1, 0.15) is 44.0 Å². The lowest BCUT2D eigenvalue weighted by molar-refractivity contribution is -0.534. The van der Waals surface area contributed by atoms with Gasteiger partial charge in [-0.25, -0.2) is 4.79 Å². The Morgan fingerprint density at radius 2 is 1.65 bits per heavy atom. The van der Waals surface area contributed by atoms with E-state index in [2.05, 4.69) is 5.32 Å². The highest BCUT2D eigenvalue weighted by Gasteiger charge is 2.36. The van der Waals surface area contributed by atoms with Gasteiger partial charge in [-0.3, -0.25) is 10.1 Å². The minimum Gasteiger partial charge on any atom is -0.444 e. The van der Waals surface area contributed by atoms with E-state index in [0.29, 0.717) is 16.1 Å². The Balaban J connectivity index is 2.42. The van der Waals surface area contributed by atoms with Crippen molar-refractivity contribution in [2.45, 2.75) is 38.5 Å². The van der Waals surface area contributed by atoms with E-state index in [9.17, 15) is 14.9 Å². The molecule has 1 N–H and O–H groups in total. The molecule has 0 spiro atoms. The van der Waals surface area contributed by atoms with Crippen molar-refractivity contribution in [2.75, 3.05) is 0 Å². The second-order valence-corrected chi connectivity index (χ2v) is 7.25.